The maximum atomic E-state index is 13.3. The van der Waals surface area contributed by atoms with Gasteiger partial charge < -0.3 is 19.5 Å². The topological polar surface area (TPSA) is 77.1 Å². The van der Waals surface area contributed by atoms with Gasteiger partial charge in [0.25, 0.3) is 11.8 Å². The van der Waals surface area contributed by atoms with Crippen molar-refractivity contribution in [2.24, 2.45) is 0 Å². The minimum Gasteiger partial charge on any atom is -0.491 e. The van der Waals surface area contributed by atoms with Crippen molar-refractivity contribution in [3.05, 3.63) is 59.8 Å². The third-order valence-electron chi connectivity index (χ3n) is 4.94. The predicted octanol–water partition coefficient (Wildman–Crippen LogP) is 4.88. The van der Waals surface area contributed by atoms with Gasteiger partial charge in [-0.15, -0.1) is 0 Å². The van der Waals surface area contributed by atoms with Gasteiger partial charge >= 0.3 is 0 Å². The number of carbonyl (C=O) groups is 2. The molecule has 2 amide bonds. The van der Waals surface area contributed by atoms with E-state index >= 15 is 0 Å². The van der Waals surface area contributed by atoms with Crippen molar-refractivity contribution in [2.75, 3.05) is 18.5 Å². The van der Waals surface area contributed by atoms with Crippen molar-refractivity contribution in [1.29, 1.82) is 0 Å². The van der Waals surface area contributed by atoms with Gasteiger partial charge in [-0.25, -0.2) is 0 Å². The molecule has 0 aliphatic carbocycles. The van der Waals surface area contributed by atoms with Crippen molar-refractivity contribution in [2.45, 2.75) is 59.9 Å². The van der Waals surface area contributed by atoms with Crippen LogP contribution in [-0.2, 0) is 14.3 Å². The fourth-order valence-corrected chi connectivity index (χ4v) is 3.55. The van der Waals surface area contributed by atoms with Gasteiger partial charge in [0.1, 0.15) is 17.2 Å². The highest BCUT2D eigenvalue weighted by molar-refractivity contribution is 6.36. The number of carbonyl (C=O) groups excluding carboxylic acids is 2. The van der Waals surface area contributed by atoms with Crippen molar-refractivity contribution in [1.82, 2.24) is 4.90 Å². The maximum Gasteiger partial charge on any atom is 0.278 e. The molecule has 0 unspecified atom stereocenters. The van der Waals surface area contributed by atoms with Crippen LogP contribution in [0.1, 0.15) is 47.1 Å². The van der Waals surface area contributed by atoms with Crippen LogP contribution in [0.5, 0.6) is 11.5 Å². The number of nitrogens with one attached hydrogen (secondary N) is 1. The van der Waals surface area contributed by atoms with E-state index in [9.17, 15) is 9.59 Å². The lowest BCUT2D eigenvalue weighted by Crippen LogP contribution is -2.35. The Morgan fingerprint density at radius 2 is 1.26 bits per heavy atom. The molecule has 0 atom stereocenters. The van der Waals surface area contributed by atoms with E-state index in [0.29, 0.717) is 22.6 Å². The van der Waals surface area contributed by atoms with E-state index in [1.807, 2.05) is 65.8 Å². The molecule has 2 aromatic carbocycles. The van der Waals surface area contributed by atoms with Gasteiger partial charge in [-0.2, -0.15) is 0 Å². The average Bonchev–Trinajstić information content (AvgIpc) is 2.99. The van der Waals surface area contributed by atoms with Crippen LogP contribution < -0.4 is 14.8 Å². The van der Waals surface area contributed by atoms with Gasteiger partial charge in [0.15, 0.2) is 0 Å². The second-order valence-corrected chi connectivity index (χ2v) is 8.94. The molecule has 1 heterocycles. The quantitative estimate of drug-likeness (QED) is 0.476. The molecule has 2 aromatic rings. The van der Waals surface area contributed by atoms with Crippen molar-refractivity contribution < 1.29 is 23.8 Å². The SMILES string of the molecule is CC(C)OCCN1C(=O)C(Nc2ccc(OC(C)C)cc2)=C(c2ccc(OC(C)C)cc2)C1=O. The second kappa shape index (κ2) is 11.2. The van der Waals surface area contributed by atoms with E-state index in [0.717, 1.165) is 5.75 Å². The van der Waals surface area contributed by atoms with E-state index in [1.165, 1.54) is 4.90 Å². The molecule has 0 spiro atoms. The fraction of sp³-hybridized carbons (Fsp3) is 0.407. The minimum absolute atomic E-state index is 0.0120. The van der Waals surface area contributed by atoms with E-state index in [4.69, 9.17) is 14.2 Å². The zero-order valence-corrected chi connectivity index (χ0v) is 20.8. The van der Waals surface area contributed by atoms with Crippen LogP contribution in [0.4, 0.5) is 5.69 Å². The summed E-state index contributed by atoms with van der Waals surface area (Å²) < 4.78 is 17.0. The van der Waals surface area contributed by atoms with Gasteiger partial charge in [-0.1, -0.05) is 12.1 Å². The molecule has 3 rings (SSSR count). The third-order valence-corrected chi connectivity index (χ3v) is 4.94. The largest absolute Gasteiger partial charge is 0.491 e. The molecule has 1 aliphatic rings. The first kappa shape index (κ1) is 25.3. The highest BCUT2D eigenvalue weighted by Gasteiger charge is 2.39. The number of rotatable bonds is 11. The van der Waals surface area contributed by atoms with Crippen molar-refractivity contribution in [3.63, 3.8) is 0 Å². The van der Waals surface area contributed by atoms with Crippen LogP contribution in [0, 0.1) is 0 Å². The monoisotopic (exact) mass is 466 g/mol. The second-order valence-electron chi connectivity index (χ2n) is 8.94. The summed E-state index contributed by atoms with van der Waals surface area (Å²) >= 11 is 0. The molecule has 0 aromatic heterocycles. The minimum atomic E-state index is -0.377. The Morgan fingerprint density at radius 1 is 0.735 bits per heavy atom. The summed E-state index contributed by atoms with van der Waals surface area (Å²) in [5, 5.41) is 3.17. The molecule has 1 N–H and O–H groups in total. The average molecular weight is 467 g/mol. The first-order valence-corrected chi connectivity index (χ1v) is 11.7. The number of amides is 2. The summed E-state index contributed by atoms with van der Waals surface area (Å²) in [4.78, 5) is 27.8. The molecule has 34 heavy (non-hydrogen) atoms. The molecule has 182 valence electrons. The molecule has 0 saturated carbocycles. The third kappa shape index (κ3) is 6.38. The number of hydrogen-bond donors (Lipinski definition) is 1. The lowest BCUT2D eigenvalue weighted by Gasteiger charge is -2.16. The summed E-state index contributed by atoms with van der Waals surface area (Å²) in [5.41, 5.74) is 1.89. The molecule has 0 radical (unpaired) electrons. The summed E-state index contributed by atoms with van der Waals surface area (Å²) in [5.74, 6) is 0.708. The van der Waals surface area contributed by atoms with Gasteiger partial charge in [-0.05, 0) is 83.5 Å². The molecule has 0 bridgehead atoms. The van der Waals surface area contributed by atoms with E-state index in [2.05, 4.69) is 5.32 Å². The highest BCUT2D eigenvalue weighted by atomic mass is 16.5. The number of ether oxygens (including phenoxy) is 3. The first-order chi connectivity index (χ1) is 16.2. The number of hydrogen-bond acceptors (Lipinski definition) is 6. The molecule has 7 heteroatoms. The van der Waals surface area contributed by atoms with Crippen LogP contribution in [0.2, 0.25) is 0 Å². The van der Waals surface area contributed by atoms with Crippen LogP contribution in [0.3, 0.4) is 0 Å². The molecule has 1 aliphatic heterocycles. The van der Waals surface area contributed by atoms with E-state index < -0.39 is 0 Å². The molecule has 0 fully saturated rings. The zero-order chi connectivity index (χ0) is 24.8. The number of anilines is 1. The highest BCUT2D eigenvalue weighted by Crippen LogP contribution is 2.32. The number of nitrogens with zero attached hydrogens (tertiary/aromatic N) is 1. The molecule has 7 nitrogen and oxygen atoms in total. The Morgan fingerprint density at radius 3 is 1.76 bits per heavy atom. The van der Waals surface area contributed by atoms with Gasteiger partial charge in [0.2, 0.25) is 0 Å². The van der Waals surface area contributed by atoms with Crippen LogP contribution >= 0.6 is 0 Å². The molecular formula is C27H34N2O5. The number of benzene rings is 2. The maximum absolute atomic E-state index is 13.3. The van der Waals surface area contributed by atoms with Crippen LogP contribution in [-0.4, -0.2) is 48.2 Å². The summed E-state index contributed by atoms with van der Waals surface area (Å²) in [6.45, 7) is 12.1. The van der Waals surface area contributed by atoms with Gasteiger partial charge in [0, 0.05) is 5.69 Å². The Labute approximate surface area is 201 Å². The standard InChI is InChI=1S/C27H34N2O5/c1-17(2)32-16-15-29-26(30)24(20-7-11-22(12-8-20)33-18(3)4)25(27(29)31)28-21-9-13-23(14-10-21)34-19(5)6/h7-14,17-19,28H,15-16H2,1-6H3. The number of imide groups is 1. The van der Waals surface area contributed by atoms with E-state index in [1.54, 1.807) is 24.3 Å². The first-order valence-electron chi connectivity index (χ1n) is 11.7. The summed E-state index contributed by atoms with van der Waals surface area (Å²) in [6.07, 6.45) is 0.111. The lowest BCUT2D eigenvalue weighted by atomic mass is 10.0. The van der Waals surface area contributed by atoms with Crippen molar-refractivity contribution >= 4 is 23.1 Å². The summed E-state index contributed by atoms with van der Waals surface area (Å²) in [7, 11) is 0. The Kier molecular flexibility index (Phi) is 8.34. The summed E-state index contributed by atoms with van der Waals surface area (Å²) in [6, 6.07) is 14.5. The molecule has 0 saturated heterocycles. The molecular weight excluding hydrogens is 432 g/mol. The Bertz CT molecular complexity index is 1020. The smallest absolute Gasteiger partial charge is 0.278 e. The van der Waals surface area contributed by atoms with Gasteiger partial charge in [0.05, 0.1) is 37.0 Å². The van der Waals surface area contributed by atoms with Crippen LogP contribution in [0.25, 0.3) is 5.57 Å². The Hall–Kier alpha value is -3.32. The van der Waals surface area contributed by atoms with Gasteiger partial charge in [-0.3, -0.25) is 14.5 Å². The van der Waals surface area contributed by atoms with E-state index in [-0.39, 0.29) is 49.0 Å². The lowest BCUT2D eigenvalue weighted by molar-refractivity contribution is -0.137. The fourth-order valence-electron chi connectivity index (χ4n) is 3.55. The van der Waals surface area contributed by atoms with Crippen LogP contribution in [0.15, 0.2) is 54.2 Å². The zero-order valence-electron chi connectivity index (χ0n) is 20.8. The Balaban J connectivity index is 1.91. The predicted molar refractivity (Wildman–Crippen MR) is 133 cm³/mol. The van der Waals surface area contributed by atoms with Crippen molar-refractivity contribution in [3.8, 4) is 11.5 Å². The normalized spacial score (nSPS) is 14.1.